The van der Waals surface area contributed by atoms with Crippen molar-refractivity contribution in [3.8, 4) is 0 Å². The standard InChI is InChI=1S/C17H19N3O3S/c1-13(21)20-10-7-15-11-16(4-5-17(15)20)24(22,23)19-9-6-14-3-2-8-18-12-14/h2-5,8,11-12,19H,6-7,9-10H2,1H3. The summed E-state index contributed by atoms with van der Waals surface area (Å²) in [7, 11) is -3.56. The molecule has 0 saturated carbocycles. The van der Waals surface area contributed by atoms with E-state index in [4.69, 9.17) is 0 Å². The summed E-state index contributed by atoms with van der Waals surface area (Å²) in [5, 5.41) is 0. The molecule has 0 bridgehead atoms. The van der Waals surface area contributed by atoms with Crippen molar-refractivity contribution in [3.63, 3.8) is 0 Å². The number of nitrogens with zero attached hydrogens (tertiary/aromatic N) is 2. The van der Waals surface area contributed by atoms with Crippen LogP contribution in [0.5, 0.6) is 0 Å². The van der Waals surface area contributed by atoms with Gasteiger partial charge in [-0.25, -0.2) is 13.1 Å². The Balaban J connectivity index is 1.70. The summed E-state index contributed by atoms with van der Waals surface area (Å²) in [6.45, 7) is 2.42. The maximum absolute atomic E-state index is 12.4. The molecule has 1 amide bonds. The lowest BCUT2D eigenvalue weighted by Crippen LogP contribution is -2.26. The molecule has 0 unspecified atom stereocenters. The number of hydrogen-bond donors (Lipinski definition) is 1. The van der Waals surface area contributed by atoms with Gasteiger partial charge in [-0.2, -0.15) is 0 Å². The van der Waals surface area contributed by atoms with E-state index in [0.29, 0.717) is 25.9 Å². The van der Waals surface area contributed by atoms with E-state index in [1.165, 1.54) is 6.92 Å². The molecule has 3 rings (SSSR count). The van der Waals surface area contributed by atoms with Gasteiger partial charge in [0.25, 0.3) is 0 Å². The molecule has 6 nitrogen and oxygen atoms in total. The zero-order valence-corrected chi connectivity index (χ0v) is 14.2. The summed E-state index contributed by atoms with van der Waals surface area (Å²) in [6, 6.07) is 8.65. The van der Waals surface area contributed by atoms with E-state index in [0.717, 1.165) is 16.8 Å². The average molecular weight is 345 g/mol. The zero-order chi connectivity index (χ0) is 17.2. The van der Waals surface area contributed by atoms with Crippen LogP contribution < -0.4 is 9.62 Å². The number of sulfonamides is 1. The van der Waals surface area contributed by atoms with Gasteiger partial charge in [0.1, 0.15) is 0 Å². The van der Waals surface area contributed by atoms with Gasteiger partial charge in [-0.05, 0) is 48.2 Å². The van der Waals surface area contributed by atoms with E-state index in [1.54, 1.807) is 35.5 Å². The number of aromatic nitrogens is 1. The van der Waals surface area contributed by atoms with Gasteiger partial charge in [0.2, 0.25) is 15.9 Å². The van der Waals surface area contributed by atoms with Crippen LogP contribution >= 0.6 is 0 Å². The molecular formula is C17H19N3O3S. The summed E-state index contributed by atoms with van der Waals surface area (Å²) in [5.41, 5.74) is 2.67. The molecule has 24 heavy (non-hydrogen) atoms. The van der Waals surface area contributed by atoms with Gasteiger partial charge in [0.15, 0.2) is 0 Å². The largest absolute Gasteiger partial charge is 0.312 e. The van der Waals surface area contributed by atoms with Crippen LogP contribution in [0.4, 0.5) is 5.69 Å². The molecule has 1 aromatic carbocycles. The Morgan fingerprint density at radius 1 is 1.33 bits per heavy atom. The first kappa shape index (κ1) is 16.6. The van der Waals surface area contributed by atoms with Crippen molar-refractivity contribution in [1.29, 1.82) is 0 Å². The van der Waals surface area contributed by atoms with E-state index in [-0.39, 0.29) is 10.8 Å². The quantitative estimate of drug-likeness (QED) is 0.891. The number of carbonyl (C=O) groups is 1. The van der Waals surface area contributed by atoms with Crippen molar-refractivity contribution in [2.75, 3.05) is 18.0 Å². The third-order valence-electron chi connectivity index (χ3n) is 4.07. The highest BCUT2D eigenvalue weighted by Gasteiger charge is 2.24. The average Bonchev–Trinajstić information content (AvgIpc) is 2.99. The van der Waals surface area contributed by atoms with Crippen molar-refractivity contribution < 1.29 is 13.2 Å². The summed E-state index contributed by atoms with van der Waals surface area (Å²) < 4.78 is 27.5. The molecule has 7 heteroatoms. The Kier molecular flexibility index (Phi) is 4.64. The Morgan fingerprint density at radius 3 is 2.88 bits per heavy atom. The Bertz CT molecular complexity index is 851. The molecule has 0 radical (unpaired) electrons. The lowest BCUT2D eigenvalue weighted by atomic mass is 10.2. The molecule has 2 aromatic rings. The fraction of sp³-hybridized carbons (Fsp3) is 0.294. The molecule has 0 fully saturated rings. The Labute approximate surface area is 141 Å². The van der Waals surface area contributed by atoms with Crippen LogP contribution in [-0.4, -0.2) is 32.4 Å². The molecule has 1 aliphatic rings. The van der Waals surface area contributed by atoms with Crippen molar-refractivity contribution in [1.82, 2.24) is 9.71 Å². The van der Waals surface area contributed by atoms with E-state index in [9.17, 15) is 13.2 Å². The molecule has 1 aliphatic heterocycles. The minimum atomic E-state index is -3.56. The van der Waals surface area contributed by atoms with Crippen LogP contribution in [0.15, 0.2) is 47.6 Å². The van der Waals surface area contributed by atoms with Gasteiger partial charge in [-0.3, -0.25) is 9.78 Å². The number of carbonyl (C=O) groups excluding carboxylic acids is 1. The number of pyridine rings is 1. The summed E-state index contributed by atoms with van der Waals surface area (Å²) in [4.78, 5) is 17.5. The fourth-order valence-electron chi connectivity index (χ4n) is 2.83. The molecular weight excluding hydrogens is 326 g/mol. The van der Waals surface area contributed by atoms with Gasteiger partial charge in [0.05, 0.1) is 4.90 Å². The highest BCUT2D eigenvalue weighted by atomic mass is 32.2. The molecule has 0 aliphatic carbocycles. The van der Waals surface area contributed by atoms with Gasteiger partial charge in [0, 0.05) is 38.1 Å². The van der Waals surface area contributed by atoms with Crippen molar-refractivity contribution >= 4 is 21.6 Å². The first-order chi connectivity index (χ1) is 11.5. The van der Waals surface area contributed by atoms with Gasteiger partial charge in [-0.15, -0.1) is 0 Å². The van der Waals surface area contributed by atoms with Crippen molar-refractivity contribution in [3.05, 3.63) is 53.9 Å². The summed E-state index contributed by atoms with van der Waals surface area (Å²) in [5.74, 6) is -0.0287. The van der Waals surface area contributed by atoms with E-state index in [2.05, 4.69) is 9.71 Å². The molecule has 1 N–H and O–H groups in total. The lowest BCUT2D eigenvalue weighted by Gasteiger charge is -2.15. The highest BCUT2D eigenvalue weighted by molar-refractivity contribution is 7.89. The van der Waals surface area contributed by atoms with Crippen LogP contribution in [0.3, 0.4) is 0 Å². The van der Waals surface area contributed by atoms with Gasteiger partial charge < -0.3 is 4.90 Å². The number of anilines is 1. The van der Waals surface area contributed by atoms with Crippen LogP contribution in [-0.2, 0) is 27.7 Å². The normalized spacial score (nSPS) is 13.8. The number of rotatable bonds is 5. The monoisotopic (exact) mass is 345 g/mol. The van der Waals surface area contributed by atoms with Crippen LogP contribution in [0, 0.1) is 0 Å². The van der Waals surface area contributed by atoms with E-state index < -0.39 is 10.0 Å². The third-order valence-corrected chi connectivity index (χ3v) is 5.52. The highest BCUT2D eigenvalue weighted by Crippen LogP contribution is 2.30. The number of nitrogens with one attached hydrogen (secondary N) is 1. The summed E-state index contributed by atoms with van der Waals surface area (Å²) >= 11 is 0. The third kappa shape index (κ3) is 3.47. The maximum atomic E-state index is 12.4. The van der Waals surface area contributed by atoms with Gasteiger partial charge in [-0.1, -0.05) is 6.07 Å². The molecule has 0 saturated heterocycles. The second-order valence-corrected chi connectivity index (χ2v) is 7.49. The summed E-state index contributed by atoms with van der Waals surface area (Å²) in [6.07, 6.45) is 4.66. The Hall–Kier alpha value is -2.25. The predicted octanol–water partition coefficient (Wildman–Crippen LogP) is 1.51. The zero-order valence-electron chi connectivity index (χ0n) is 13.4. The van der Waals surface area contributed by atoms with Crippen LogP contribution in [0.1, 0.15) is 18.1 Å². The lowest BCUT2D eigenvalue weighted by molar-refractivity contribution is -0.116. The first-order valence-corrected chi connectivity index (χ1v) is 9.25. The number of hydrogen-bond acceptors (Lipinski definition) is 4. The van der Waals surface area contributed by atoms with E-state index >= 15 is 0 Å². The van der Waals surface area contributed by atoms with Crippen molar-refractivity contribution in [2.45, 2.75) is 24.7 Å². The number of amides is 1. The smallest absolute Gasteiger partial charge is 0.240 e. The predicted molar refractivity (Wildman–Crippen MR) is 91.3 cm³/mol. The number of benzene rings is 1. The molecule has 126 valence electrons. The Morgan fingerprint density at radius 2 is 2.17 bits per heavy atom. The van der Waals surface area contributed by atoms with Crippen LogP contribution in [0.2, 0.25) is 0 Å². The topological polar surface area (TPSA) is 79.4 Å². The van der Waals surface area contributed by atoms with Crippen molar-refractivity contribution in [2.24, 2.45) is 0 Å². The molecule has 1 aromatic heterocycles. The van der Waals surface area contributed by atoms with Gasteiger partial charge >= 0.3 is 0 Å². The maximum Gasteiger partial charge on any atom is 0.240 e. The minimum absolute atomic E-state index is 0.0287. The molecule has 2 heterocycles. The second kappa shape index (κ2) is 6.70. The SMILES string of the molecule is CC(=O)N1CCc2cc(S(=O)(=O)NCCc3cccnc3)ccc21. The van der Waals surface area contributed by atoms with Crippen LogP contribution in [0.25, 0.3) is 0 Å². The minimum Gasteiger partial charge on any atom is -0.312 e. The number of fused-ring (bicyclic) bond motifs is 1. The fourth-order valence-corrected chi connectivity index (χ4v) is 3.91. The second-order valence-electron chi connectivity index (χ2n) is 5.72. The first-order valence-electron chi connectivity index (χ1n) is 7.77. The molecule has 0 atom stereocenters. The van der Waals surface area contributed by atoms with E-state index in [1.807, 2.05) is 12.1 Å². The molecule has 0 spiro atoms.